The molecule has 2 aromatic carbocycles. The van der Waals surface area contributed by atoms with Gasteiger partial charge in [0.05, 0.1) is 12.2 Å². The molecular weight excluding hydrogens is 396 g/mol. The quantitative estimate of drug-likeness (QED) is 0.558. The molecule has 0 radical (unpaired) electrons. The van der Waals surface area contributed by atoms with Crippen LogP contribution in [0.3, 0.4) is 0 Å². The van der Waals surface area contributed by atoms with Gasteiger partial charge in [0.2, 0.25) is 5.91 Å². The highest BCUT2D eigenvalue weighted by atomic mass is 16.5. The SMILES string of the molecule is CCOC(C)(C(=O)O)c1ccc(NCCCCC(=O)N2CCOc3ccccc32)cc1. The molecule has 0 saturated carbocycles. The molecule has 0 aromatic heterocycles. The third kappa shape index (κ3) is 5.35. The number of ether oxygens (including phenoxy) is 2. The zero-order valence-corrected chi connectivity index (χ0v) is 18.1. The molecule has 166 valence electrons. The van der Waals surface area contributed by atoms with Gasteiger partial charge in [0, 0.05) is 25.3 Å². The molecule has 1 aliphatic rings. The molecule has 1 heterocycles. The Bertz CT molecular complexity index is 899. The summed E-state index contributed by atoms with van der Waals surface area (Å²) in [4.78, 5) is 26.0. The molecule has 1 amide bonds. The van der Waals surface area contributed by atoms with E-state index in [4.69, 9.17) is 9.47 Å². The summed E-state index contributed by atoms with van der Waals surface area (Å²) in [6, 6.07) is 14.9. The van der Waals surface area contributed by atoms with Crippen molar-refractivity contribution in [3.8, 4) is 5.75 Å². The molecule has 0 bridgehead atoms. The largest absolute Gasteiger partial charge is 0.490 e. The van der Waals surface area contributed by atoms with Crippen molar-refractivity contribution in [2.24, 2.45) is 0 Å². The van der Waals surface area contributed by atoms with E-state index in [-0.39, 0.29) is 5.91 Å². The number of anilines is 2. The van der Waals surface area contributed by atoms with Crippen molar-refractivity contribution >= 4 is 23.3 Å². The summed E-state index contributed by atoms with van der Waals surface area (Å²) in [6.07, 6.45) is 2.12. The summed E-state index contributed by atoms with van der Waals surface area (Å²) < 4.78 is 11.1. The summed E-state index contributed by atoms with van der Waals surface area (Å²) in [5.41, 5.74) is 0.994. The summed E-state index contributed by atoms with van der Waals surface area (Å²) in [6.45, 7) is 5.48. The Kier molecular flexibility index (Phi) is 7.52. The highest BCUT2D eigenvalue weighted by molar-refractivity contribution is 5.95. The van der Waals surface area contributed by atoms with Crippen LogP contribution in [0.4, 0.5) is 11.4 Å². The van der Waals surface area contributed by atoms with Gasteiger partial charge in [0.25, 0.3) is 0 Å². The molecule has 1 unspecified atom stereocenters. The topological polar surface area (TPSA) is 88.1 Å². The standard InChI is InChI=1S/C24H30N2O5/c1-3-31-24(2,23(28)29)18-11-13-19(14-12-18)25-15-7-6-10-22(27)26-16-17-30-21-9-5-4-8-20(21)26/h4-5,8-9,11-14,25H,3,6-7,10,15-17H2,1-2H3,(H,28,29). The Morgan fingerprint density at radius 3 is 2.61 bits per heavy atom. The van der Waals surface area contributed by atoms with Crippen molar-refractivity contribution in [2.45, 2.75) is 38.7 Å². The van der Waals surface area contributed by atoms with E-state index in [1.54, 1.807) is 26.0 Å². The van der Waals surface area contributed by atoms with Crippen LogP contribution in [-0.4, -0.2) is 43.3 Å². The second kappa shape index (κ2) is 10.3. The van der Waals surface area contributed by atoms with Crippen molar-refractivity contribution in [3.05, 3.63) is 54.1 Å². The first-order valence-corrected chi connectivity index (χ1v) is 10.7. The number of carbonyl (C=O) groups excluding carboxylic acids is 1. The first-order chi connectivity index (χ1) is 15.0. The third-order valence-electron chi connectivity index (χ3n) is 5.45. The number of para-hydroxylation sites is 2. The molecule has 0 fully saturated rings. The Morgan fingerprint density at radius 1 is 1.16 bits per heavy atom. The fraction of sp³-hybridized carbons (Fsp3) is 0.417. The molecule has 2 aromatic rings. The van der Waals surface area contributed by atoms with E-state index in [9.17, 15) is 14.7 Å². The second-order valence-electron chi connectivity index (χ2n) is 7.59. The van der Waals surface area contributed by atoms with E-state index in [0.717, 1.165) is 36.5 Å². The van der Waals surface area contributed by atoms with E-state index in [2.05, 4.69) is 5.32 Å². The predicted molar refractivity (Wildman–Crippen MR) is 120 cm³/mol. The Labute approximate surface area is 183 Å². The van der Waals surface area contributed by atoms with Crippen molar-refractivity contribution in [2.75, 3.05) is 36.5 Å². The number of benzene rings is 2. The van der Waals surface area contributed by atoms with Crippen LogP contribution >= 0.6 is 0 Å². The molecule has 2 N–H and O–H groups in total. The average molecular weight is 427 g/mol. The minimum absolute atomic E-state index is 0.115. The Balaban J connectivity index is 1.44. The van der Waals surface area contributed by atoms with Crippen LogP contribution in [0, 0.1) is 0 Å². The summed E-state index contributed by atoms with van der Waals surface area (Å²) in [5.74, 6) is -0.137. The lowest BCUT2D eigenvalue weighted by Gasteiger charge is -2.29. The normalized spacial score (nSPS) is 14.8. The number of unbranched alkanes of at least 4 members (excludes halogenated alkanes) is 1. The molecule has 3 rings (SSSR count). The number of carboxylic acids is 1. The number of amides is 1. The van der Waals surface area contributed by atoms with Crippen molar-refractivity contribution in [1.82, 2.24) is 0 Å². The summed E-state index contributed by atoms with van der Waals surface area (Å²) >= 11 is 0. The Hall–Kier alpha value is -3.06. The van der Waals surface area contributed by atoms with Gasteiger partial charge in [-0.15, -0.1) is 0 Å². The lowest BCUT2D eigenvalue weighted by molar-refractivity contribution is -0.164. The van der Waals surface area contributed by atoms with Gasteiger partial charge in [-0.25, -0.2) is 4.79 Å². The number of nitrogens with zero attached hydrogens (tertiary/aromatic N) is 1. The predicted octanol–water partition coefficient (Wildman–Crippen LogP) is 4.03. The maximum atomic E-state index is 12.6. The lowest BCUT2D eigenvalue weighted by atomic mass is 9.95. The molecule has 7 nitrogen and oxygen atoms in total. The van der Waals surface area contributed by atoms with Crippen LogP contribution in [0.15, 0.2) is 48.5 Å². The smallest absolute Gasteiger partial charge is 0.340 e. The van der Waals surface area contributed by atoms with E-state index in [0.29, 0.717) is 31.7 Å². The van der Waals surface area contributed by atoms with Crippen LogP contribution in [0.5, 0.6) is 5.75 Å². The van der Waals surface area contributed by atoms with Crippen LogP contribution in [0.2, 0.25) is 0 Å². The molecule has 1 aliphatic heterocycles. The number of carboxylic acid groups (broad SMARTS) is 1. The van der Waals surface area contributed by atoms with Crippen molar-refractivity contribution in [1.29, 1.82) is 0 Å². The molecule has 7 heteroatoms. The maximum Gasteiger partial charge on any atom is 0.340 e. The van der Waals surface area contributed by atoms with Gasteiger partial charge in [-0.1, -0.05) is 24.3 Å². The highest BCUT2D eigenvalue weighted by Gasteiger charge is 2.35. The Morgan fingerprint density at radius 2 is 1.90 bits per heavy atom. The van der Waals surface area contributed by atoms with Gasteiger partial charge in [-0.2, -0.15) is 0 Å². The van der Waals surface area contributed by atoms with E-state index in [1.807, 2.05) is 41.3 Å². The van der Waals surface area contributed by atoms with E-state index in [1.165, 1.54) is 0 Å². The zero-order valence-electron chi connectivity index (χ0n) is 18.1. The molecule has 0 aliphatic carbocycles. The van der Waals surface area contributed by atoms with Crippen molar-refractivity contribution in [3.63, 3.8) is 0 Å². The van der Waals surface area contributed by atoms with Crippen LogP contribution < -0.4 is 15.0 Å². The monoisotopic (exact) mass is 426 g/mol. The minimum atomic E-state index is -1.36. The maximum absolute atomic E-state index is 12.6. The number of fused-ring (bicyclic) bond motifs is 1. The van der Waals surface area contributed by atoms with Crippen molar-refractivity contribution < 1.29 is 24.2 Å². The van der Waals surface area contributed by atoms with Gasteiger partial charge in [-0.3, -0.25) is 4.79 Å². The second-order valence-corrected chi connectivity index (χ2v) is 7.59. The number of hydrogen-bond acceptors (Lipinski definition) is 5. The number of aliphatic carboxylic acids is 1. The summed E-state index contributed by atoms with van der Waals surface area (Å²) in [5, 5.41) is 12.8. The zero-order chi connectivity index (χ0) is 22.3. The van der Waals surface area contributed by atoms with Crippen LogP contribution in [-0.2, 0) is 19.9 Å². The van der Waals surface area contributed by atoms with E-state index < -0.39 is 11.6 Å². The van der Waals surface area contributed by atoms with Gasteiger partial charge in [0.1, 0.15) is 12.4 Å². The molecular formula is C24H30N2O5. The minimum Gasteiger partial charge on any atom is -0.490 e. The molecule has 0 spiro atoms. The number of hydrogen-bond donors (Lipinski definition) is 2. The first kappa shape index (κ1) is 22.6. The molecule has 31 heavy (non-hydrogen) atoms. The highest BCUT2D eigenvalue weighted by Crippen LogP contribution is 2.31. The van der Waals surface area contributed by atoms with Crippen LogP contribution in [0.1, 0.15) is 38.7 Å². The van der Waals surface area contributed by atoms with E-state index >= 15 is 0 Å². The first-order valence-electron chi connectivity index (χ1n) is 10.7. The number of rotatable bonds is 10. The average Bonchev–Trinajstić information content (AvgIpc) is 2.78. The van der Waals surface area contributed by atoms with Gasteiger partial charge < -0.3 is 24.8 Å². The number of carbonyl (C=O) groups is 2. The van der Waals surface area contributed by atoms with Gasteiger partial charge >= 0.3 is 5.97 Å². The lowest BCUT2D eigenvalue weighted by Crippen LogP contribution is -2.37. The molecule has 0 saturated heterocycles. The molecule has 1 atom stereocenters. The number of nitrogens with one attached hydrogen (secondary N) is 1. The van der Waals surface area contributed by atoms with Gasteiger partial charge in [0.15, 0.2) is 5.60 Å². The van der Waals surface area contributed by atoms with Crippen LogP contribution in [0.25, 0.3) is 0 Å². The fourth-order valence-corrected chi connectivity index (χ4v) is 3.66. The fourth-order valence-electron chi connectivity index (χ4n) is 3.66. The van der Waals surface area contributed by atoms with Gasteiger partial charge in [-0.05, 0) is 56.5 Å². The summed E-state index contributed by atoms with van der Waals surface area (Å²) in [7, 11) is 0. The third-order valence-corrected chi connectivity index (χ3v) is 5.45.